The van der Waals surface area contributed by atoms with Crippen LogP contribution < -0.4 is 0 Å². The number of rotatable bonds is 5. The van der Waals surface area contributed by atoms with Crippen LogP contribution in [0.15, 0.2) is 5.16 Å². The van der Waals surface area contributed by atoms with E-state index in [-0.39, 0.29) is 28.7 Å². The van der Waals surface area contributed by atoms with Crippen LogP contribution in [0, 0.1) is 0 Å². The second kappa shape index (κ2) is 6.30. The van der Waals surface area contributed by atoms with Crippen LogP contribution >= 0.6 is 11.8 Å². The highest BCUT2D eigenvalue weighted by atomic mass is 32.2. The van der Waals surface area contributed by atoms with E-state index in [9.17, 15) is 13.2 Å². The largest absolute Gasteiger partial charge is 0.338 e. The molecule has 1 aromatic heterocycles. The summed E-state index contributed by atoms with van der Waals surface area (Å²) in [4.78, 5) is 14.2. The van der Waals surface area contributed by atoms with Crippen molar-refractivity contribution in [2.24, 2.45) is 7.05 Å². The lowest BCUT2D eigenvalue weighted by Crippen LogP contribution is -2.44. The van der Waals surface area contributed by atoms with E-state index >= 15 is 0 Å². The number of aryl methyl sites for hydroxylation is 1. The van der Waals surface area contributed by atoms with Crippen LogP contribution in [0.5, 0.6) is 0 Å². The van der Waals surface area contributed by atoms with Gasteiger partial charge in [-0.2, -0.15) is 0 Å². The summed E-state index contributed by atoms with van der Waals surface area (Å²) in [5.41, 5.74) is 0. The third-order valence-corrected chi connectivity index (χ3v) is 6.35. The van der Waals surface area contributed by atoms with Crippen molar-refractivity contribution in [1.82, 2.24) is 25.1 Å². The third-order valence-electron chi connectivity index (χ3n) is 3.48. The molecule has 118 valence electrons. The number of amides is 1. The van der Waals surface area contributed by atoms with E-state index in [1.165, 1.54) is 16.4 Å². The average molecular weight is 333 g/mol. The molecule has 1 fully saturated rings. The number of aromatic nitrogens is 4. The van der Waals surface area contributed by atoms with Crippen molar-refractivity contribution in [3.63, 3.8) is 0 Å². The minimum atomic E-state index is -3.00. The molecule has 0 bridgehead atoms. The van der Waals surface area contributed by atoms with Gasteiger partial charge in [-0.25, -0.2) is 13.1 Å². The number of thioether (sulfide) groups is 1. The Morgan fingerprint density at radius 2 is 2.29 bits per heavy atom. The Hall–Kier alpha value is -1.16. The number of carbonyl (C=O) groups excluding carboxylic acids is 1. The van der Waals surface area contributed by atoms with Crippen LogP contribution in [0.25, 0.3) is 0 Å². The molecule has 10 heteroatoms. The first-order chi connectivity index (χ1) is 9.84. The lowest BCUT2D eigenvalue weighted by Gasteiger charge is -2.29. The summed E-state index contributed by atoms with van der Waals surface area (Å²) in [6.45, 7) is 4.15. The molecule has 0 unspecified atom stereocenters. The fourth-order valence-electron chi connectivity index (χ4n) is 2.38. The highest BCUT2D eigenvalue weighted by Gasteiger charge is 2.35. The van der Waals surface area contributed by atoms with Crippen LogP contribution in [-0.2, 0) is 21.7 Å². The molecule has 0 saturated carbocycles. The van der Waals surface area contributed by atoms with Crippen LogP contribution in [0.1, 0.15) is 20.3 Å². The van der Waals surface area contributed by atoms with Gasteiger partial charge in [0.15, 0.2) is 9.84 Å². The molecule has 1 amide bonds. The first-order valence-electron chi connectivity index (χ1n) is 6.74. The van der Waals surface area contributed by atoms with Crippen molar-refractivity contribution >= 4 is 27.5 Å². The smallest absolute Gasteiger partial charge is 0.236 e. The number of hydrogen-bond acceptors (Lipinski definition) is 7. The van der Waals surface area contributed by atoms with Crippen molar-refractivity contribution in [1.29, 1.82) is 0 Å². The van der Waals surface area contributed by atoms with E-state index in [0.29, 0.717) is 18.1 Å². The van der Waals surface area contributed by atoms with Gasteiger partial charge in [0.25, 0.3) is 0 Å². The molecule has 8 nitrogen and oxygen atoms in total. The Kier molecular flexibility index (Phi) is 4.87. The van der Waals surface area contributed by atoms with Gasteiger partial charge < -0.3 is 4.90 Å². The maximum absolute atomic E-state index is 12.5. The quantitative estimate of drug-likeness (QED) is 0.684. The molecule has 1 aliphatic rings. The summed E-state index contributed by atoms with van der Waals surface area (Å²) < 4.78 is 24.7. The predicted molar refractivity (Wildman–Crippen MR) is 78.6 cm³/mol. The SMILES string of the molecule is CCN(C(=O)[C@@H](C)Sc1nnnn1C)[C@@H]1CCS(=O)(=O)C1. The lowest BCUT2D eigenvalue weighted by molar-refractivity contribution is -0.131. The van der Waals surface area contributed by atoms with Crippen molar-refractivity contribution in [2.75, 3.05) is 18.1 Å². The van der Waals surface area contributed by atoms with Crippen LogP contribution in [0.4, 0.5) is 0 Å². The molecular weight excluding hydrogens is 314 g/mol. The van der Waals surface area contributed by atoms with Crippen molar-refractivity contribution in [2.45, 2.75) is 36.7 Å². The summed E-state index contributed by atoms with van der Waals surface area (Å²) in [5, 5.41) is 11.3. The summed E-state index contributed by atoms with van der Waals surface area (Å²) in [5.74, 6) is 0.152. The maximum Gasteiger partial charge on any atom is 0.236 e. The Bertz CT molecular complexity index is 615. The molecule has 0 aromatic carbocycles. The fourth-order valence-corrected chi connectivity index (χ4v) is 4.93. The van der Waals surface area contributed by atoms with Crippen molar-refractivity contribution < 1.29 is 13.2 Å². The van der Waals surface area contributed by atoms with Crippen LogP contribution in [-0.4, -0.2) is 68.8 Å². The van der Waals surface area contributed by atoms with Gasteiger partial charge in [0.05, 0.1) is 16.8 Å². The molecule has 2 atom stereocenters. The average Bonchev–Trinajstić information content (AvgIpc) is 2.97. The van der Waals surface area contributed by atoms with Gasteiger partial charge >= 0.3 is 0 Å². The molecule has 2 rings (SSSR count). The molecule has 0 N–H and O–H groups in total. The first-order valence-corrected chi connectivity index (χ1v) is 9.44. The Morgan fingerprint density at radius 1 is 1.57 bits per heavy atom. The second-order valence-electron chi connectivity index (χ2n) is 5.03. The maximum atomic E-state index is 12.5. The third kappa shape index (κ3) is 3.73. The zero-order valence-electron chi connectivity index (χ0n) is 12.3. The fraction of sp³-hybridized carbons (Fsp3) is 0.818. The van der Waals surface area contributed by atoms with E-state index in [4.69, 9.17) is 0 Å². The molecule has 0 aliphatic carbocycles. The molecule has 0 radical (unpaired) electrons. The molecule has 21 heavy (non-hydrogen) atoms. The topological polar surface area (TPSA) is 98.1 Å². The minimum absolute atomic E-state index is 0.0650. The highest BCUT2D eigenvalue weighted by molar-refractivity contribution is 8.00. The van der Waals surface area contributed by atoms with E-state index < -0.39 is 9.84 Å². The molecule has 1 aromatic rings. The molecule has 0 spiro atoms. The monoisotopic (exact) mass is 333 g/mol. The molecule has 1 saturated heterocycles. The van der Waals surface area contributed by atoms with E-state index in [2.05, 4.69) is 15.5 Å². The molecule has 1 aliphatic heterocycles. The number of sulfone groups is 1. The standard InChI is InChI=1S/C11H19N5O3S2/c1-4-16(9-5-6-21(18,19)7-9)10(17)8(2)20-11-12-13-14-15(11)3/h8-9H,4-7H2,1-3H3/t8-,9-/m1/s1. The van der Waals surface area contributed by atoms with Crippen LogP contribution in [0.2, 0.25) is 0 Å². The minimum Gasteiger partial charge on any atom is -0.338 e. The Labute approximate surface area is 128 Å². The van der Waals surface area contributed by atoms with Gasteiger partial charge in [-0.1, -0.05) is 11.8 Å². The van der Waals surface area contributed by atoms with E-state index in [1.807, 2.05) is 6.92 Å². The number of nitrogens with zero attached hydrogens (tertiary/aromatic N) is 5. The summed E-state index contributed by atoms with van der Waals surface area (Å²) in [6, 6.07) is -0.215. The van der Waals surface area contributed by atoms with Crippen molar-refractivity contribution in [3.8, 4) is 0 Å². The predicted octanol–water partition coefficient (Wildman–Crippen LogP) is -0.274. The lowest BCUT2D eigenvalue weighted by atomic mass is 10.2. The van der Waals surface area contributed by atoms with E-state index in [0.717, 1.165) is 0 Å². The Morgan fingerprint density at radius 3 is 2.76 bits per heavy atom. The van der Waals surface area contributed by atoms with Crippen LogP contribution in [0.3, 0.4) is 0 Å². The van der Waals surface area contributed by atoms with Crippen molar-refractivity contribution in [3.05, 3.63) is 0 Å². The highest BCUT2D eigenvalue weighted by Crippen LogP contribution is 2.24. The van der Waals surface area contributed by atoms with Gasteiger partial charge in [0, 0.05) is 19.6 Å². The Balaban J connectivity index is 2.04. The van der Waals surface area contributed by atoms with E-state index in [1.54, 1.807) is 18.9 Å². The number of tetrazole rings is 1. The zero-order chi connectivity index (χ0) is 15.6. The number of hydrogen-bond donors (Lipinski definition) is 0. The number of carbonyl (C=O) groups is 1. The normalized spacial score (nSPS) is 22.1. The molecular formula is C11H19N5O3S2. The van der Waals surface area contributed by atoms with Gasteiger partial charge in [0.1, 0.15) is 0 Å². The first kappa shape index (κ1) is 16.2. The molecule has 2 heterocycles. The summed E-state index contributed by atoms with van der Waals surface area (Å²) in [7, 11) is -1.29. The zero-order valence-corrected chi connectivity index (χ0v) is 13.9. The summed E-state index contributed by atoms with van der Waals surface area (Å²) in [6.07, 6.45) is 0.519. The van der Waals surface area contributed by atoms with Gasteiger partial charge in [0.2, 0.25) is 11.1 Å². The van der Waals surface area contributed by atoms with Gasteiger partial charge in [-0.3, -0.25) is 4.79 Å². The van der Waals surface area contributed by atoms with Gasteiger partial charge in [-0.05, 0) is 30.7 Å². The second-order valence-corrected chi connectivity index (χ2v) is 8.56. The summed E-state index contributed by atoms with van der Waals surface area (Å²) >= 11 is 1.27. The van der Waals surface area contributed by atoms with Gasteiger partial charge in [-0.15, -0.1) is 5.10 Å².